The average molecular weight is 532 g/mol. The van der Waals surface area contributed by atoms with E-state index < -0.39 is 18.0 Å². The molecule has 7 nitrogen and oxygen atoms in total. The summed E-state index contributed by atoms with van der Waals surface area (Å²) in [6.07, 6.45) is 0.590. The van der Waals surface area contributed by atoms with Gasteiger partial charge in [-0.1, -0.05) is 27.5 Å². The van der Waals surface area contributed by atoms with E-state index >= 15 is 0 Å². The van der Waals surface area contributed by atoms with Gasteiger partial charge in [0, 0.05) is 15.1 Å². The highest BCUT2D eigenvalue weighted by Gasteiger charge is 2.15. The largest absolute Gasteiger partial charge is 0.497 e. The molecule has 0 aliphatic rings. The van der Waals surface area contributed by atoms with Gasteiger partial charge in [0.1, 0.15) is 17.2 Å². The van der Waals surface area contributed by atoms with E-state index in [0.29, 0.717) is 27.6 Å². The monoisotopic (exact) mass is 530 g/mol. The first kappa shape index (κ1) is 24.3. The minimum absolute atomic E-state index is 0.280. The summed E-state index contributed by atoms with van der Waals surface area (Å²) >= 11 is 9.22. The molecular weight excluding hydrogens is 512 g/mol. The Morgan fingerprint density at radius 2 is 1.70 bits per heavy atom. The summed E-state index contributed by atoms with van der Waals surface area (Å²) in [4.78, 5) is 24.8. The second-order valence-electron chi connectivity index (χ2n) is 6.75. The lowest BCUT2D eigenvalue weighted by Gasteiger charge is -2.13. The van der Waals surface area contributed by atoms with Crippen LogP contribution in [0, 0.1) is 0 Å². The molecule has 1 unspecified atom stereocenters. The van der Waals surface area contributed by atoms with Gasteiger partial charge in [0.2, 0.25) is 0 Å². The van der Waals surface area contributed by atoms with Crippen LogP contribution in [0.25, 0.3) is 0 Å². The van der Waals surface area contributed by atoms with Crippen molar-refractivity contribution in [1.82, 2.24) is 5.43 Å². The number of carbonyl (C=O) groups is 2. The number of benzene rings is 3. The van der Waals surface area contributed by atoms with Crippen LogP contribution in [0.2, 0.25) is 5.02 Å². The van der Waals surface area contributed by atoms with Crippen molar-refractivity contribution in [1.29, 1.82) is 0 Å². The molecule has 0 heterocycles. The van der Waals surface area contributed by atoms with E-state index in [1.165, 1.54) is 6.21 Å². The van der Waals surface area contributed by atoms with Crippen LogP contribution >= 0.6 is 27.5 Å². The normalized spacial score (nSPS) is 11.6. The zero-order chi connectivity index (χ0) is 23.8. The highest BCUT2D eigenvalue weighted by molar-refractivity contribution is 9.10. The van der Waals surface area contributed by atoms with Gasteiger partial charge in [0.05, 0.1) is 18.9 Å². The maximum absolute atomic E-state index is 12.5. The Morgan fingerprint density at radius 3 is 2.36 bits per heavy atom. The predicted molar refractivity (Wildman–Crippen MR) is 129 cm³/mol. The van der Waals surface area contributed by atoms with Crippen molar-refractivity contribution in [2.24, 2.45) is 5.10 Å². The molecule has 0 fully saturated rings. The first-order chi connectivity index (χ1) is 15.9. The van der Waals surface area contributed by atoms with Crippen LogP contribution in [0.3, 0.4) is 0 Å². The van der Waals surface area contributed by atoms with Crippen molar-refractivity contribution in [2.45, 2.75) is 13.0 Å². The van der Waals surface area contributed by atoms with Gasteiger partial charge in [-0.15, -0.1) is 0 Å². The quantitative estimate of drug-likeness (QED) is 0.186. The number of hydrogen-bond acceptors (Lipinski definition) is 6. The van der Waals surface area contributed by atoms with E-state index in [-0.39, 0.29) is 5.75 Å². The Labute approximate surface area is 204 Å². The van der Waals surface area contributed by atoms with Crippen molar-refractivity contribution < 1.29 is 23.8 Å². The summed E-state index contributed by atoms with van der Waals surface area (Å²) in [5, 5.41) is 4.54. The second-order valence-corrected chi connectivity index (χ2v) is 8.10. The maximum atomic E-state index is 12.5. The maximum Gasteiger partial charge on any atom is 0.343 e. The number of nitrogens with one attached hydrogen (secondary N) is 1. The Morgan fingerprint density at radius 1 is 1.03 bits per heavy atom. The third-order valence-corrected chi connectivity index (χ3v) is 5.12. The molecule has 0 aliphatic heterocycles. The lowest BCUT2D eigenvalue weighted by atomic mass is 10.2. The van der Waals surface area contributed by atoms with Gasteiger partial charge in [-0.25, -0.2) is 10.2 Å². The fourth-order valence-electron chi connectivity index (χ4n) is 2.63. The smallest absolute Gasteiger partial charge is 0.343 e. The van der Waals surface area contributed by atoms with Crippen LogP contribution < -0.4 is 19.6 Å². The number of halogens is 2. The van der Waals surface area contributed by atoms with Crippen LogP contribution in [0.5, 0.6) is 17.2 Å². The SMILES string of the molecule is COc1ccc(C(=O)Oc2ccc(Br)cc2/C=N/NC(=O)C(C)Oc2ccc(Cl)cc2)cc1. The molecule has 0 spiro atoms. The van der Waals surface area contributed by atoms with Gasteiger partial charge < -0.3 is 14.2 Å². The van der Waals surface area contributed by atoms with Crippen LogP contribution in [0.1, 0.15) is 22.8 Å². The van der Waals surface area contributed by atoms with E-state index in [1.54, 1.807) is 80.8 Å². The molecule has 3 aromatic carbocycles. The van der Waals surface area contributed by atoms with Crippen LogP contribution in [0.15, 0.2) is 76.3 Å². The first-order valence-electron chi connectivity index (χ1n) is 9.76. The van der Waals surface area contributed by atoms with Crippen LogP contribution in [-0.2, 0) is 4.79 Å². The molecule has 3 aromatic rings. The molecule has 170 valence electrons. The van der Waals surface area contributed by atoms with Crippen molar-refractivity contribution in [2.75, 3.05) is 7.11 Å². The number of ether oxygens (including phenoxy) is 3. The van der Waals surface area contributed by atoms with Crippen molar-refractivity contribution >= 4 is 45.6 Å². The molecule has 0 radical (unpaired) electrons. The summed E-state index contributed by atoms with van der Waals surface area (Å²) in [6.45, 7) is 1.60. The summed E-state index contributed by atoms with van der Waals surface area (Å²) in [5.41, 5.74) is 3.26. The first-order valence-corrected chi connectivity index (χ1v) is 10.9. The van der Waals surface area contributed by atoms with Crippen LogP contribution in [0.4, 0.5) is 0 Å². The Kier molecular flexibility index (Phi) is 8.46. The minimum Gasteiger partial charge on any atom is -0.497 e. The van der Waals surface area contributed by atoms with Crippen molar-refractivity contribution in [3.63, 3.8) is 0 Å². The topological polar surface area (TPSA) is 86.2 Å². The highest BCUT2D eigenvalue weighted by atomic mass is 79.9. The number of hydrogen-bond donors (Lipinski definition) is 1. The molecule has 1 amide bonds. The fraction of sp³-hybridized carbons (Fsp3) is 0.125. The number of nitrogens with zero attached hydrogens (tertiary/aromatic N) is 1. The van der Waals surface area contributed by atoms with Crippen molar-refractivity contribution in [3.05, 3.63) is 87.4 Å². The lowest BCUT2D eigenvalue weighted by molar-refractivity contribution is -0.127. The van der Waals surface area contributed by atoms with Crippen molar-refractivity contribution in [3.8, 4) is 17.2 Å². The van der Waals surface area contributed by atoms with E-state index in [0.717, 1.165) is 4.47 Å². The van der Waals surface area contributed by atoms with Gasteiger partial charge in [-0.05, 0) is 73.7 Å². The number of carbonyl (C=O) groups excluding carboxylic acids is 2. The molecule has 1 atom stereocenters. The van der Waals surface area contributed by atoms with Crippen LogP contribution in [-0.4, -0.2) is 31.3 Å². The summed E-state index contributed by atoms with van der Waals surface area (Å²) < 4.78 is 16.9. The molecule has 0 aliphatic carbocycles. The van der Waals surface area contributed by atoms with Gasteiger partial charge in [-0.3, -0.25) is 4.79 Å². The van der Waals surface area contributed by atoms with E-state index in [9.17, 15) is 9.59 Å². The van der Waals surface area contributed by atoms with Gasteiger partial charge in [0.25, 0.3) is 5.91 Å². The summed E-state index contributed by atoms with van der Waals surface area (Å²) in [5.74, 6) is 0.429. The minimum atomic E-state index is -0.793. The number of esters is 1. The average Bonchev–Trinajstić information content (AvgIpc) is 2.82. The number of amides is 1. The van der Waals surface area contributed by atoms with E-state index in [4.69, 9.17) is 25.8 Å². The molecule has 0 bridgehead atoms. The molecule has 0 aromatic heterocycles. The molecule has 33 heavy (non-hydrogen) atoms. The fourth-order valence-corrected chi connectivity index (χ4v) is 3.13. The molecule has 9 heteroatoms. The van der Waals surface area contributed by atoms with E-state index in [2.05, 4.69) is 26.5 Å². The highest BCUT2D eigenvalue weighted by Crippen LogP contribution is 2.23. The number of hydrazone groups is 1. The molecule has 0 saturated carbocycles. The third kappa shape index (κ3) is 7.06. The molecule has 0 saturated heterocycles. The van der Waals surface area contributed by atoms with E-state index in [1.807, 2.05) is 0 Å². The second kappa shape index (κ2) is 11.5. The standard InChI is InChI=1S/C24H20BrClN2O5/c1-15(32-21-10-6-19(26)7-11-21)23(29)28-27-14-17-13-18(25)5-12-22(17)33-24(30)16-3-8-20(31-2)9-4-16/h3-15H,1-2H3,(H,28,29)/b27-14+. The Balaban J connectivity index is 1.64. The Hall–Kier alpha value is -3.36. The zero-order valence-electron chi connectivity index (χ0n) is 17.7. The molecular formula is C24H20BrClN2O5. The summed E-state index contributed by atoms with van der Waals surface area (Å²) in [7, 11) is 1.55. The predicted octanol–water partition coefficient (Wildman–Crippen LogP) is 5.25. The number of rotatable bonds is 8. The number of methoxy groups -OCH3 is 1. The lowest BCUT2D eigenvalue weighted by Crippen LogP contribution is -2.33. The van der Waals surface area contributed by atoms with Gasteiger partial charge >= 0.3 is 5.97 Å². The molecule has 1 N–H and O–H groups in total. The Bertz CT molecular complexity index is 1150. The zero-order valence-corrected chi connectivity index (χ0v) is 20.1. The summed E-state index contributed by atoms with van der Waals surface area (Å²) in [6, 6.07) is 18.3. The van der Waals surface area contributed by atoms with Gasteiger partial charge in [-0.2, -0.15) is 5.10 Å². The van der Waals surface area contributed by atoms with Gasteiger partial charge in [0.15, 0.2) is 6.10 Å². The third-order valence-electron chi connectivity index (χ3n) is 4.37. The molecule has 3 rings (SSSR count).